The van der Waals surface area contributed by atoms with Gasteiger partial charge in [-0.2, -0.15) is 0 Å². The van der Waals surface area contributed by atoms with E-state index in [4.69, 9.17) is 9.94 Å². The standard InChI is InChI=1S/C9H9NO3/c11-9(12)6-10-13-7-8-4-2-1-3-5-8/h1-6H,7H2,(H,11,12). The summed E-state index contributed by atoms with van der Waals surface area (Å²) in [5.41, 5.74) is 0.949. The van der Waals surface area contributed by atoms with Crippen LogP contribution < -0.4 is 0 Å². The van der Waals surface area contributed by atoms with Crippen molar-refractivity contribution >= 4 is 12.2 Å². The Morgan fingerprint density at radius 3 is 2.77 bits per heavy atom. The lowest BCUT2D eigenvalue weighted by atomic mass is 10.2. The molecule has 0 fully saturated rings. The van der Waals surface area contributed by atoms with Gasteiger partial charge in [-0.15, -0.1) is 0 Å². The number of hydrogen-bond donors (Lipinski definition) is 1. The second-order valence-corrected chi connectivity index (χ2v) is 2.33. The summed E-state index contributed by atoms with van der Waals surface area (Å²) in [4.78, 5) is 14.7. The zero-order valence-electron chi connectivity index (χ0n) is 6.88. The molecule has 0 amide bonds. The predicted molar refractivity (Wildman–Crippen MR) is 47.4 cm³/mol. The van der Waals surface area contributed by atoms with Crippen molar-refractivity contribution in [3.05, 3.63) is 35.9 Å². The summed E-state index contributed by atoms with van der Waals surface area (Å²) in [7, 11) is 0. The van der Waals surface area contributed by atoms with Crippen LogP contribution in [-0.2, 0) is 16.2 Å². The van der Waals surface area contributed by atoms with E-state index in [1.165, 1.54) is 0 Å². The van der Waals surface area contributed by atoms with Crippen LogP contribution in [0.25, 0.3) is 0 Å². The van der Waals surface area contributed by atoms with Gasteiger partial charge in [0.15, 0.2) is 6.21 Å². The quantitative estimate of drug-likeness (QED) is 0.559. The van der Waals surface area contributed by atoms with Crippen molar-refractivity contribution in [1.82, 2.24) is 0 Å². The molecule has 4 heteroatoms. The number of hydrogen-bond acceptors (Lipinski definition) is 3. The molecule has 1 N–H and O–H groups in total. The lowest BCUT2D eigenvalue weighted by Crippen LogP contribution is -1.96. The number of benzene rings is 1. The first kappa shape index (κ1) is 9.25. The Labute approximate surface area is 75.4 Å². The molecule has 0 bridgehead atoms. The molecular weight excluding hydrogens is 170 g/mol. The molecule has 0 atom stereocenters. The first-order valence-corrected chi connectivity index (χ1v) is 3.71. The minimum Gasteiger partial charge on any atom is -0.477 e. The highest BCUT2D eigenvalue weighted by atomic mass is 16.6. The first-order chi connectivity index (χ1) is 6.29. The van der Waals surface area contributed by atoms with Crippen LogP contribution in [0.4, 0.5) is 0 Å². The van der Waals surface area contributed by atoms with Gasteiger partial charge in [-0.25, -0.2) is 4.79 Å². The molecule has 4 nitrogen and oxygen atoms in total. The maximum absolute atomic E-state index is 9.98. The molecule has 1 rings (SSSR count). The number of carboxylic acids is 1. The molecule has 0 aliphatic heterocycles. The number of carboxylic acid groups (broad SMARTS) is 1. The van der Waals surface area contributed by atoms with Gasteiger partial charge >= 0.3 is 5.97 Å². The Morgan fingerprint density at radius 2 is 2.15 bits per heavy atom. The third-order valence-corrected chi connectivity index (χ3v) is 1.31. The summed E-state index contributed by atoms with van der Waals surface area (Å²) < 4.78 is 0. The molecule has 0 unspecified atom stereocenters. The van der Waals surface area contributed by atoms with Crippen LogP contribution in [0.1, 0.15) is 5.56 Å². The number of carbonyl (C=O) groups is 1. The molecular formula is C9H9NO3. The van der Waals surface area contributed by atoms with Gasteiger partial charge in [0.05, 0.1) is 0 Å². The van der Waals surface area contributed by atoms with E-state index in [1.807, 2.05) is 30.3 Å². The summed E-state index contributed by atoms with van der Waals surface area (Å²) in [5.74, 6) is -1.12. The molecule has 1 aromatic rings. The minimum absolute atomic E-state index is 0.282. The average molecular weight is 179 g/mol. The van der Waals surface area contributed by atoms with E-state index in [0.29, 0.717) is 6.21 Å². The van der Waals surface area contributed by atoms with Crippen molar-refractivity contribution in [3.8, 4) is 0 Å². The summed E-state index contributed by atoms with van der Waals surface area (Å²) in [6.45, 7) is 0.282. The molecule has 0 spiro atoms. The summed E-state index contributed by atoms with van der Waals surface area (Å²) in [6, 6.07) is 9.38. The Morgan fingerprint density at radius 1 is 1.46 bits per heavy atom. The van der Waals surface area contributed by atoms with E-state index in [2.05, 4.69) is 5.16 Å². The van der Waals surface area contributed by atoms with E-state index >= 15 is 0 Å². The van der Waals surface area contributed by atoms with Crippen molar-refractivity contribution < 1.29 is 14.7 Å². The number of rotatable bonds is 4. The van der Waals surface area contributed by atoms with Crippen molar-refractivity contribution in [3.63, 3.8) is 0 Å². The van der Waals surface area contributed by atoms with Gasteiger partial charge in [0.1, 0.15) is 6.61 Å². The highest BCUT2D eigenvalue weighted by molar-refractivity contribution is 6.21. The molecule has 13 heavy (non-hydrogen) atoms. The SMILES string of the molecule is O=C(O)C=NOCc1ccccc1. The fraction of sp³-hybridized carbons (Fsp3) is 0.111. The van der Waals surface area contributed by atoms with Crippen molar-refractivity contribution in [2.24, 2.45) is 5.16 Å². The van der Waals surface area contributed by atoms with Gasteiger partial charge < -0.3 is 9.94 Å². The number of nitrogens with zero attached hydrogens (tertiary/aromatic N) is 1. The minimum atomic E-state index is -1.12. The molecule has 0 heterocycles. The summed E-state index contributed by atoms with van der Waals surface area (Å²) in [6.07, 6.45) is 0.711. The molecule has 0 aromatic heterocycles. The fourth-order valence-corrected chi connectivity index (χ4v) is 0.768. The third kappa shape index (κ3) is 3.91. The second-order valence-electron chi connectivity index (χ2n) is 2.33. The van der Waals surface area contributed by atoms with Gasteiger partial charge in [-0.1, -0.05) is 35.5 Å². The van der Waals surface area contributed by atoms with E-state index in [9.17, 15) is 4.79 Å². The molecule has 0 radical (unpaired) electrons. The van der Waals surface area contributed by atoms with Crippen LogP contribution in [0.3, 0.4) is 0 Å². The van der Waals surface area contributed by atoms with Crippen molar-refractivity contribution in [1.29, 1.82) is 0 Å². The van der Waals surface area contributed by atoms with Gasteiger partial charge in [0.2, 0.25) is 0 Å². The fourth-order valence-electron chi connectivity index (χ4n) is 0.768. The van der Waals surface area contributed by atoms with Crippen LogP contribution in [0.2, 0.25) is 0 Å². The van der Waals surface area contributed by atoms with Crippen LogP contribution in [-0.4, -0.2) is 17.3 Å². The lowest BCUT2D eigenvalue weighted by Gasteiger charge is -1.97. The molecule has 0 saturated carbocycles. The lowest BCUT2D eigenvalue weighted by molar-refractivity contribution is -0.129. The highest BCUT2D eigenvalue weighted by Crippen LogP contribution is 1.99. The first-order valence-electron chi connectivity index (χ1n) is 3.71. The maximum atomic E-state index is 9.98. The Balaban J connectivity index is 2.32. The van der Waals surface area contributed by atoms with Crippen LogP contribution in [0.15, 0.2) is 35.5 Å². The second kappa shape index (κ2) is 4.92. The predicted octanol–water partition coefficient (Wildman–Crippen LogP) is 1.27. The van der Waals surface area contributed by atoms with Crippen LogP contribution in [0.5, 0.6) is 0 Å². The van der Waals surface area contributed by atoms with Gasteiger partial charge in [-0.3, -0.25) is 0 Å². The molecule has 68 valence electrons. The third-order valence-electron chi connectivity index (χ3n) is 1.31. The normalized spacial score (nSPS) is 10.2. The van der Waals surface area contributed by atoms with Crippen molar-refractivity contribution in [2.45, 2.75) is 6.61 Å². The Kier molecular flexibility index (Phi) is 3.50. The maximum Gasteiger partial charge on any atom is 0.350 e. The van der Waals surface area contributed by atoms with E-state index in [0.717, 1.165) is 5.56 Å². The highest BCUT2D eigenvalue weighted by Gasteiger charge is 1.90. The molecule has 0 saturated heterocycles. The van der Waals surface area contributed by atoms with Crippen molar-refractivity contribution in [2.75, 3.05) is 0 Å². The topological polar surface area (TPSA) is 58.9 Å². The molecule has 0 aliphatic carbocycles. The molecule has 1 aromatic carbocycles. The van der Waals surface area contributed by atoms with E-state index in [-0.39, 0.29) is 6.61 Å². The smallest absolute Gasteiger partial charge is 0.350 e. The Bertz CT molecular complexity index is 295. The summed E-state index contributed by atoms with van der Waals surface area (Å²) >= 11 is 0. The monoisotopic (exact) mass is 179 g/mol. The zero-order valence-corrected chi connectivity index (χ0v) is 6.88. The average Bonchev–Trinajstić information content (AvgIpc) is 2.14. The van der Waals surface area contributed by atoms with Gasteiger partial charge in [-0.05, 0) is 5.56 Å². The largest absolute Gasteiger partial charge is 0.477 e. The van der Waals surface area contributed by atoms with Crippen LogP contribution >= 0.6 is 0 Å². The van der Waals surface area contributed by atoms with E-state index < -0.39 is 5.97 Å². The van der Waals surface area contributed by atoms with Gasteiger partial charge in [0.25, 0.3) is 0 Å². The molecule has 0 aliphatic rings. The number of aliphatic carboxylic acids is 1. The summed E-state index contributed by atoms with van der Waals surface area (Å²) in [5, 5.41) is 11.4. The zero-order chi connectivity index (χ0) is 9.52. The van der Waals surface area contributed by atoms with E-state index in [1.54, 1.807) is 0 Å². The van der Waals surface area contributed by atoms with Gasteiger partial charge in [0, 0.05) is 0 Å². The van der Waals surface area contributed by atoms with Crippen LogP contribution in [0, 0.1) is 0 Å². The Hall–Kier alpha value is -1.84. The number of oxime groups is 1.